The van der Waals surface area contributed by atoms with E-state index >= 15 is 0 Å². The van der Waals surface area contributed by atoms with Crippen molar-refractivity contribution < 1.29 is 15.0 Å². The van der Waals surface area contributed by atoms with Crippen LogP contribution in [-0.4, -0.2) is 66.1 Å². The molecule has 0 radical (unpaired) electrons. The van der Waals surface area contributed by atoms with Crippen LogP contribution in [0.5, 0.6) is 0 Å². The van der Waals surface area contributed by atoms with Crippen molar-refractivity contribution >= 4 is 5.91 Å². The van der Waals surface area contributed by atoms with Gasteiger partial charge in [0.25, 0.3) is 5.91 Å². The summed E-state index contributed by atoms with van der Waals surface area (Å²) in [6.07, 6.45) is 2.57. The van der Waals surface area contributed by atoms with E-state index in [4.69, 9.17) is 0 Å². The Morgan fingerprint density at radius 3 is 2.55 bits per heavy atom. The second-order valence-electron chi connectivity index (χ2n) is 4.59. The number of carbonyl (C=O) groups excluding carboxylic acids is 1. The molecule has 2 aromatic rings. The number of likely N-dealkylation sites (tertiary alicyclic amines) is 1. The molecule has 0 saturated carbocycles. The lowest BCUT2D eigenvalue weighted by atomic mass is 10.2. The first-order chi connectivity index (χ1) is 9.65. The topological polar surface area (TPSA) is 104 Å². The third kappa shape index (κ3) is 2.26. The van der Waals surface area contributed by atoms with Gasteiger partial charge in [-0.1, -0.05) is 0 Å². The molecule has 104 valence electrons. The van der Waals surface area contributed by atoms with E-state index < -0.39 is 12.2 Å². The summed E-state index contributed by atoms with van der Waals surface area (Å²) in [5.74, 6) is 0.291. The number of aliphatic hydroxyl groups is 2. The maximum absolute atomic E-state index is 12.2. The highest BCUT2D eigenvalue weighted by molar-refractivity contribution is 5.94. The minimum atomic E-state index is -0.888. The van der Waals surface area contributed by atoms with Gasteiger partial charge in [-0.25, -0.2) is 14.6 Å². The van der Waals surface area contributed by atoms with Gasteiger partial charge in [0.2, 0.25) is 0 Å². The van der Waals surface area contributed by atoms with Crippen molar-refractivity contribution in [1.29, 1.82) is 0 Å². The van der Waals surface area contributed by atoms with Crippen LogP contribution in [0.2, 0.25) is 0 Å². The highest BCUT2D eigenvalue weighted by Gasteiger charge is 2.32. The molecule has 2 N–H and O–H groups in total. The largest absolute Gasteiger partial charge is 0.388 e. The first kappa shape index (κ1) is 12.7. The number of nitrogens with zero attached hydrogens (tertiary/aromatic N) is 5. The molecule has 1 fully saturated rings. The van der Waals surface area contributed by atoms with Gasteiger partial charge in [0, 0.05) is 19.3 Å². The van der Waals surface area contributed by atoms with Crippen LogP contribution < -0.4 is 0 Å². The molecule has 1 aliphatic heterocycles. The van der Waals surface area contributed by atoms with Crippen molar-refractivity contribution in [3.05, 3.63) is 36.5 Å². The van der Waals surface area contributed by atoms with Crippen LogP contribution in [0.15, 0.2) is 31.0 Å². The average Bonchev–Trinajstić information content (AvgIpc) is 3.09. The monoisotopic (exact) mass is 275 g/mol. The quantitative estimate of drug-likeness (QED) is 0.716. The Bertz CT molecular complexity index is 588. The number of rotatable bonds is 2. The van der Waals surface area contributed by atoms with Crippen LogP contribution in [-0.2, 0) is 0 Å². The number of pyridine rings is 1. The average molecular weight is 275 g/mol. The first-order valence-electron chi connectivity index (χ1n) is 6.11. The summed E-state index contributed by atoms with van der Waals surface area (Å²) in [5.41, 5.74) is 0.398. The van der Waals surface area contributed by atoms with E-state index in [0.717, 1.165) is 0 Å². The Kier molecular flexibility index (Phi) is 3.17. The minimum Gasteiger partial charge on any atom is -0.388 e. The molecule has 8 nitrogen and oxygen atoms in total. The predicted octanol–water partition coefficient (Wildman–Crippen LogP) is -1.16. The molecule has 2 aromatic heterocycles. The molecule has 0 bridgehead atoms. The van der Waals surface area contributed by atoms with Crippen molar-refractivity contribution in [1.82, 2.24) is 24.6 Å². The second kappa shape index (κ2) is 4.99. The summed E-state index contributed by atoms with van der Waals surface area (Å²) in [6.45, 7) is 0.260. The maximum atomic E-state index is 12.2. The van der Waals surface area contributed by atoms with Crippen molar-refractivity contribution in [2.45, 2.75) is 12.2 Å². The third-order valence-corrected chi connectivity index (χ3v) is 3.19. The van der Waals surface area contributed by atoms with E-state index in [2.05, 4.69) is 15.1 Å². The Morgan fingerprint density at radius 1 is 1.25 bits per heavy atom. The van der Waals surface area contributed by atoms with E-state index in [-0.39, 0.29) is 19.0 Å². The second-order valence-corrected chi connectivity index (χ2v) is 4.59. The number of hydrogen-bond donors (Lipinski definition) is 2. The summed E-state index contributed by atoms with van der Waals surface area (Å²) >= 11 is 0. The van der Waals surface area contributed by atoms with Gasteiger partial charge in [0.15, 0.2) is 5.82 Å². The van der Waals surface area contributed by atoms with Gasteiger partial charge in [-0.3, -0.25) is 4.79 Å². The molecule has 1 amide bonds. The molecule has 3 heterocycles. The molecule has 20 heavy (non-hydrogen) atoms. The zero-order valence-corrected chi connectivity index (χ0v) is 10.5. The van der Waals surface area contributed by atoms with E-state index in [1.165, 1.54) is 28.4 Å². The van der Waals surface area contributed by atoms with Crippen molar-refractivity contribution in [3.8, 4) is 5.82 Å². The van der Waals surface area contributed by atoms with E-state index in [0.29, 0.717) is 11.4 Å². The molecule has 0 spiro atoms. The van der Waals surface area contributed by atoms with E-state index in [1.54, 1.807) is 12.1 Å². The zero-order chi connectivity index (χ0) is 14.1. The Morgan fingerprint density at radius 2 is 2.00 bits per heavy atom. The van der Waals surface area contributed by atoms with Gasteiger partial charge in [-0.2, -0.15) is 5.10 Å². The number of aliphatic hydroxyl groups excluding tert-OH is 2. The summed E-state index contributed by atoms with van der Waals surface area (Å²) in [4.78, 5) is 21.5. The van der Waals surface area contributed by atoms with Crippen LogP contribution in [0.4, 0.5) is 0 Å². The summed E-state index contributed by atoms with van der Waals surface area (Å²) in [6, 6.07) is 3.29. The lowest BCUT2D eigenvalue weighted by Crippen LogP contribution is -2.29. The molecule has 0 aromatic carbocycles. The predicted molar refractivity (Wildman–Crippen MR) is 67.1 cm³/mol. The van der Waals surface area contributed by atoms with E-state index in [9.17, 15) is 15.0 Å². The van der Waals surface area contributed by atoms with Gasteiger partial charge in [0.05, 0.1) is 17.8 Å². The molecule has 2 atom stereocenters. The molecule has 0 aliphatic carbocycles. The maximum Gasteiger partial charge on any atom is 0.255 e. The number of aromatic nitrogens is 4. The lowest BCUT2D eigenvalue weighted by molar-refractivity contribution is 0.0572. The Hall–Kier alpha value is -2.32. The Labute approximate surface area is 114 Å². The molecule has 3 rings (SSSR count). The van der Waals surface area contributed by atoms with Gasteiger partial charge in [0.1, 0.15) is 12.7 Å². The van der Waals surface area contributed by atoms with Gasteiger partial charge >= 0.3 is 0 Å². The summed E-state index contributed by atoms with van der Waals surface area (Å²) in [5, 5.41) is 22.8. The van der Waals surface area contributed by atoms with E-state index in [1.807, 2.05) is 0 Å². The van der Waals surface area contributed by atoms with Crippen LogP contribution in [0.3, 0.4) is 0 Å². The standard InChI is InChI=1S/C12H13N5O3/c18-9-4-16(5-10(9)19)12(20)8-1-2-11(14-3-8)17-7-13-6-15-17/h1-3,6-7,9-10,18-19H,4-5H2. The summed E-state index contributed by atoms with van der Waals surface area (Å²) < 4.78 is 1.48. The molecule has 2 unspecified atom stereocenters. The van der Waals surface area contributed by atoms with Gasteiger partial charge in [-0.05, 0) is 12.1 Å². The SMILES string of the molecule is O=C(c1ccc(-n2cncn2)nc1)N1CC(O)C(O)C1. The first-order valence-corrected chi connectivity index (χ1v) is 6.11. The molecular formula is C12H13N5O3. The minimum absolute atomic E-state index is 0.130. The molecular weight excluding hydrogens is 262 g/mol. The number of β-amino-alcohol motifs (C(OH)–C–C–N with tert-alkyl or cyclic N) is 2. The van der Waals surface area contributed by atoms with Gasteiger partial charge in [-0.15, -0.1) is 0 Å². The van der Waals surface area contributed by atoms with Crippen LogP contribution in [0.1, 0.15) is 10.4 Å². The lowest BCUT2D eigenvalue weighted by Gasteiger charge is -2.15. The van der Waals surface area contributed by atoms with Crippen LogP contribution >= 0.6 is 0 Å². The third-order valence-electron chi connectivity index (χ3n) is 3.19. The molecule has 8 heteroatoms. The van der Waals surface area contributed by atoms with Crippen molar-refractivity contribution in [2.75, 3.05) is 13.1 Å². The van der Waals surface area contributed by atoms with Crippen molar-refractivity contribution in [2.24, 2.45) is 0 Å². The molecule has 1 saturated heterocycles. The molecule has 1 aliphatic rings. The highest BCUT2D eigenvalue weighted by atomic mass is 16.3. The van der Waals surface area contributed by atoms with Crippen LogP contribution in [0, 0.1) is 0 Å². The summed E-state index contributed by atoms with van der Waals surface area (Å²) in [7, 11) is 0. The fraction of sp³-hybridized carbons (Fsp3) is 0.333. The number of amides is 1. The van der Waals surface area contributed by atoms with Crippen LogP contribution in [0.25, 0.3) is 5.82 Å². The fourth-order valence-electron chi connectivity index (χ4n) is 2.09. The smallest absolute Gasteiger partial charge is 0.255 e. The van der Waals surface area contributed by atoms with Gasteiger partial charge < -0.3 is 15.1 Å². The number of carbonyl (C=O) groups is 1. The van der Waals surface area contributed by atoms with Crippen molar-refractivity contribution in [3.63, 3.8) is 0 Å². The Balaban J connectivity index is 1.76. The zero-order valence-electron chi connectivity index (χ0n) is 10.5. The number of hydrogen-bond acceptors (Lipinski definition) is 6. The highest BCUT2D eigenvalue weighted by Crippen LogP contribution is 2.14. The fourth-order valence-corrected chi connectivity index (χ4v) is 2.09. The normalized spacial score (nSPS) is 22.2.